The lowest BCUT2D eigenvalue weighted by molar-refractivity contribution is -0.118. The third-order valence-electron chi connectivity index (χ3n) is 6.77. The van der Waals surface area contributed by atoms with Gasteiger partial charge in [0.05, 0.1) is 11.2 Å². The van der Waals surface area contributed by atoms with Crippen molar-refractivity contribution in [1.82, 2.24) is 10.3 Å². The zero-order chi connectivity index (χ0) is 25.4. The Balaban J connectivity index is 1.38. The van der Waals surface area contributed by atoms with Gasteiger partial charge in [-0.3, -0.25) is 9.78 Å². The molecule has 0 radical (unpaired) electrons. The third kappa shape index (κ3) is 4.86. The van der Waals surface area contributed by atoms with Crippen LogP contribution >= 0.6 is 11.8 Å². The van der Waals surface area contributed by atoms with Crippen LogP contribution < -0.4 is 15.1 Å². The molecule has 2 aromatic carbocycles. The highest BCUT2D eigenvalue weighted by atomic mass is 32.2. The molecule has 5 rings (SSSR count). The van der Waals surface area contributed by atoms with E-state index < -0.39 is 23.5 Å². The topological polar surface area (TPSA) is 65.5 Å². The summed E-state index contributed by atoms with van der Waals surface area (Å²) in [7, 11) is 0. The summed E-state index contributed by atoms with van der Waals surface area (Å²) in [4.78, 5) is 33.9. The van der Waals surface area contributed by atoms with E-state index in [9.17, 15) is 22.8 Å². The number of carbonyl (C=O) groups is 2. The smallest absolute Gasteiger partial charge is 0.371 e. The second kappa shape index (κ2) is 9.65. The molecule has 3 heterocycles. The predicted octanol–water partition coefficient (Wildman–Crippen LogP) is 6.07. The van der Waals surface area contributed by atoms with Crippen molar-refractivity contribution in [3.05, 3.63) is 60.3 Å². The third-order valence-corrected chi connectivity index (χ3v) is 7.51. The van der Waals surface area contributed by atoms with Crippen LogP contribution in [0.15, 0.2) is 59.6 Å². The lowest BCUT2D eigenvalue weighted by Crippen LogP contribution is -2.35. The Labute approximate surface area is 210 Å². The van der Waals surface area contributed by atoms with Gasteiger partial charge in [-0.2, -0.15) is 13.2 Å². The molecule has 3 aromatic rings. The van der Waals surface area contributed by atoms with Crippen LogP contribution in [0.4, 0.5) is 29.3 Å². The van der Waals surface area contributed by atoms with E-state index in [0.29, 0.717) is 0 Å². The molecule has 6 nitrogen and oxygen atoms in total. The Morgan fingerprint density at radius 2 is 1.69 bits per heavy atom. The predicted molar refractivity (Wildman–Crippen MR) is 134 cm³/mol. The number of pyridine rings is 1. The van der Waals surface area contributed by atoms with Gasteiger partial charge in [0.2, 0.25) is 0 Å². The Morgan fingerprint density at radius 3 is 2.39 bits per heavy atom. The number of benzene rings is 2. The second-order valence-electron chi connectivity index (χ2n) is 9.08. The maximum atomic E-state index is 13.3. The van der Waals surface area contributed by atoms with Crippen molar-refractivity contribution in [3.63, 3.8) is 0 Å². The number of urea groups is 1. The minimum Gasteiger partial charge on any atom is -0.371 e. The molecule has 0 saturated carbocycles. The number of nitrogens with zero attached hydrogens (tertiary/aromatic N) is 3. The molecule has 2 fully saturated rings. The van der Waals surface area contributed by atoms with Gasteiger partial charge in [-0.1, -0.05) is 13.0 Å². The first-order chi connectivity index (χ1) is 17.2. The number of rotatable bonds is 5. The van der Waals surface area contributed by atoms with Crippen LogP contribution in [0.1, 0.15) is 37.7 Å². The molecule has 0 aliphatic carbocycles. The number of piperidine rings is 1. The van der Waals surface area contributed by atoms with Gasteiger partial charge >= 0.3 is 11.5 Å². The van der Waals surface area contributed by atoms with Crippen LogP contribution in [0.3, 0.4) is 0 Å². The van der Waals surface area contributed by atoms with Crippen LogP contribution in [-0.2, 0) is 4.79 Å². The van der Waals surface area contributed by atoms with Crippen LogP contribution in [0.25, 0.3) is 10.9 Å². The fourth-order valence-electron chi connectivity index (χ4n) is 4.96. The molecule has 1 aromatic heterocycles. The summed E-state index contributed by atoms with van der Waals surface area (Å²) >= 11 is -0.246. The number of aromatic nitrogens is 1. The van der Waals surface area contributed by atoms with Crippen LogP contribution in [0.5, 0.6) is 0 Å². The van der Waals surface area contributed by atoms with E-state index in [1.54, 1.807) is 6.20 Å². The molecular weight excluding hydrogens is 489 g/mol. The Bertz CT molecular complexity index is 1290. The van der Waals surface area contributed by atoms with Crippen molar-refractivity contribution in [3.8, 4) is 0 Å². The van der Waals surface area contributed by atoms with Crippen LogP contribution in [0.2, 0.25) is 0 Å². The highest BCUT2D eigenvalue weighted by Crippen LogP contribution is 2.38. The van der Waals surface area contributed by atoms with Gasteiger partial charge < -0.3 is 10.2 Å². The Hall–Kier alpha value is -3.27. The minimum absolute atomic E-state index is 0.0181. The van der Waals surface area contributed by atoms with Crippen molar-refractivity contribution in [2.24, 2.45) is 0 Å². The molecule has 1 N–H and O–H groups in total. The van der Waals surface area contributed by atoms with Crippen molar-refractivity contribution in [2.45, 2.75) is 48.5 Å². The molecule has 2 atom stereocenters. The zero-order valence-electron chi connectivity index (χ0n) is 19.6. The summed E-state index contributed by atoms with van der Waals surface area (Å²) in [6.45, 7) is 3.93. The summed E-state index contributed by atoms with van der Waals surface area (Å²) in [5.41, 5.74) is -1.34. The van der Waals surface area contributed by atoms with E-state index in [1.807, 2.05) is 19.1 Å². The zero-order valence-corrected chi connectivity index (χ0v) is 20.4. The number of anilines is 2. The molecule has 2 aliphatic heterocycles. The average Bonchev–Trinajstić information content (AvgIpc) is 3.16. The van der Waals surface area contributed by atoms with Crippen molar-refractivity contribution in [1.29, 1.82) is 0 Å². The van der Waals surface area contributed by atoms with E-state index in [0.717, 1.165) is 40.1 Å². The largest absolute Gasteiger partial charge is 0.446 e. The van der Waals surface area contributed by atoms with Crippen LogP contribution in [-0.4, -0.2) is 41.6 Å². The lowest BCUT2D eigenvalue weighted by atomic mass is 9.90. The van der Waals surface area contributed by atoms with Crippen LogP contribution in [0, 0.1) is 0 Å². The summed E-state index contributed by atoms with van der Waals surface area (Å²) in [6, 6.07) is 11.8. The first-order valence-electron chi connectivity index (χ1n) is 11.9. The fourth-order valence-corrected chi connectivity index (χ4v) is 5.50. The lowest BCUT2D eigenvalue weighted by Gasteiger charge is -2.29. The Morgan fingerprint density at radius 1 is 1.00 bits per heavy atom. The normalized spacial score (nSPS) is 19.6. The number of hydrogen-bond donors (Lipinski definition) is 1. The Kier molecular flexibility index (Phi) is 6.55. The summed E-state index contributed by atoms with van der Waals surface area (Å²) in [5, 5.41) is 3.67. The number of fused-ring (bicyclic) bond motifs is 1. The maximum Gasteiger partial charge on any atom is 0.446 e. The molecule has 10 heteroatoms. The number of amides is 3. The molecule has 2 unspecified atom stereocenters. The first-order valence-corrected chi connectivity index (χ1v) is 12.7. The minimum atomic E-state index is -4.41. The van der Waals surface area contributed by atoms with E-state index in [2.05, 4.69) is 27.3 Å². The van der Waals surface area contributed by atoms with Gasteiger partial charge in [-0.25, -0.2) is 9.69 Å². The van der Waals surface area contributed by atoms with Gasteiger partial charge in [-0.15, -0.1) is 0 Å². The molecule has 0 spiro atoms. The van der Waals surface area contributed by atoms with E-state index in [1.165, 1.54) is 43.5 Å². The van der Waals surface area contributed by atoms with E-state index in [4.69, 9.17) is 0 Å². The molecule has 3 amide bonds. The highest BCUT2D eigenvalue weighted by Gasteiger charge is 2.42. The number of thioether (sulfide) groups is 1. The number of alkyl halides is 3. The second-order valence-corrected chi connectivity index (χ2v) is 10.2. The standard InChI is InChI=1S/C26H25F3N4O2S/c1-16(20-11-12-30-22-15-18(7-10-21(20)22)32-13-3-2-4-14-32)23-24(34)33(25(35)31-23)17-5-8-19(9-6-17)36-26(27,28)29/h5-12,15-16,23H,2-4,13-14H2,1H3,(H,31,35). The fraction of sp³-hybridized carbons (Fsp3) is 0.346. The number of hydrogen-bond acceptors (Lipinski definition) is 5. The summed E-state index contributed by atoms with van der Waals surface area (Å²) in [5.74, 6) is -0.795. The number of halogens is 3. The highest BCUT2D eigenvalue weighted by molar-refractivity contribution is 8.00. The first kappa shape index (κ1) is 24.4. The van der Waals surface area contributed by atoms with E-state index >= 15 is 0 Å². The molecule has 2 saturated heterocycles. The number of nitrogens with one attached hydrogen (secondary N) is 1. The molecule has 0 bridgehead atoms. The van der Waals surface area contributed by atoms with Crippen molar-refractivity contribution < 1.29 is 22.8 Å². The van der Waals surface area contributed by atoms with Gasteiger partial charge in [-0.05, 0) is 79.1 Å². The van der Waals surface area contributed by atoms with Gasteiger partial charge in [0, 0.05) is 41.2 Å². The molecule has 188 valence electrons. The SMILES string of the molecule is CC(c1ccnc2cc(N3CCCCC3)ccc12)C1NC(=O)N(c2ccc(SC(F)(F)F)cc2)C1=O. The van der Waals surface area contributed by atoms with Crippen molar-refractivity contribution in [2.75, 3.05) is 22.9 Å². The molecule has 2 aliphatic rings. The number of imide groups is 1. The van der Waals surface area contributed by atoms with Gasteiger partial charge in [0.25, 0.3) is 5.91 Å². The maximum absolute atomic E-state index is 13.3. The van der Waals surface area contributed by atoms with Crippen molar-refractivity contribution >= 4 is 46.0 Å². The number of carbonyl (C=O) groups excluding carboxylic acids is 2. The quantitative estimate of drug-likeness (QED) is 0.331. The summed E-state index contributed by atoms with van der Waals surface area (Å²) in [6.07, 6.45) is 5.31. The van der Waals surface area contributed by atoms with E-state index in [-0.39, 0.29) is 28.3 Å². The molecular formula is C26H25F3N4O2S. The molecule has 36 heavy (non-hydrogen) atoms. The monoisotopic (exact) mass is 514 g/mol. The average molecular weight is 515 g/mol. The van der Waals surface area contributed by atoms with Gasteiger partial charge in [0.15, 0.2) is 0 Å². The summed E-state index contributed by atoms with van der Waals surface area (Å²) < 4.78 is 37.9. The van der Waals surface area contributed by atoms with Gasteiger partial charge in [0.1, 0.15) is 6.04 Å².